The van der Waals surface area contributed by atoms with Crippen LogP contribution in [0.1, 0.15) is 16.9 Å². The number of benzene rings is 1. The molecule has 0 radical (unpaired) electrons. The second-order valence-electron chi connectivity index (χ2n) is 4.46. The maximum Gasteiger partial charge on any atom is 0.274 e. The smallest absolute Gasteiger partial charge is 0.274 e. The molecule has 0 aliphatic carbocycles. The van der Waals surface area contributed by atoms with Gasteiger partial charge in [0, 0.05) is 6.42 Å². The first-order valence-corrected chi connectivity index (χ1v) is 6.72. The van der Waals surface area contributed by atoms with Crippen molar-refractivity contribution in [3.8, 4) is 18.0 Å². The normalized spacial score (nSPS) is 11.5. The van der Waals surface area contributed by atoms with Crippen LogP contribution in [0.25, 0.3) is 5.69 Å². The standard InChI is InChI=1S/C14H11ClFN5O2/c1-2-4-9(13(17)22)18-14(23)10-7-21(20-19-10)11-6-3-5-8(15)12(11)16/h1,3,5-7,9H,4H2,(H2,17,22)(H,18,23)/t9-/m1/s1. The summed E-state index contributed by atoms with van der Waals surface area (Å²) in [7, 11) is 0. The third-order valence-corrected chi connectivity index (χ3v) is 3.17. The molecule has 0 saturated carbocycles. The predicted octanol–water partition coefficient (Wildman–Crippen LogP) is 0.667. The van der Waals surface area contributed by atoms with E-state index in [0.29, 0.717) is 0 Å². The van der Waals surface area contributed by atoms with E-state index in [1.807, 2.05) is 0 Å². The summed E-state index contributed by atoms with van der Waals surface area (Å²) in [4.78, 5) is 23.2. The first-order chi connectivity index (χ1) is 10.9. The van der Waals surface area contributed by atoms with Crippen molar-refractivity contribution in [2.75, 3.05) is 0 Å². The fourth-order valence-electron chi connectivity index (χ4n) is 1.73. The Morgan fingerprint density at radius 3 is 2.91 bits per heavy atom. The summed E-state index contributed by atoms with van der Waals surface area (Å²) in [5, 5.41) is 9.52. The lowest BCUT2D eigenvalue weighted by Crippen LogP contribution is -2.44. The van der Waals surface area contributed by atoms with Crippen LogP contribution in [0.2, 0.25) is 5.02 Å². The number of hydrogen-bond acceptors (Lipinski definition) is 4. The molecule has 0 fully saturated rings. The molecule has 1 atom stereocenters. The number of nitrogens with two attached hydrogens (primary N) is 1. The Morgan fingerprint density at radius 1 is 1.52 bits per heavy atom. The summed E-state index contributed by atoms with van der Waals surface area (Å²) in [5.41, 5.74) is 5.02. The van der Waals surface area contributed by atoms with E-state index >= 15 is 0 Å². The molecule has 1 aromatic heterocycles. The summed E-state index contributed by atoms with van der Waals surface area (Å²) < 4.78 is 15.0. The predicted molar refractivity (Wildman–Crippen MR) is 80.2 cm³/mol. The van der Waals surface area contributed by atoms with E-state index in [1.165, 1.54) is 24.4 Å². The molecule has 0 spiro atoms. The van der Waals surface area contributed by atoms with Gasteiger partial charge in [0.25, 0.3) is 5.91 Å². The number of nitrogens with zero attached hydrogens (tertiary/aromatic N) is 3. The summed E-state index contributed by atoms with van der Waals surface area (Å²) in [6.45, 7) is 0. The number of terminal acetylenes is 1. The molecule has 0 aliphatic rings. The quantitative estimate of drug-likeness (QED) is 0.784. The van der Waals surface area contributed by atoms with E-state index in [1.54, 1.807) is 0 Å². The Labute approximate surface area is 135 Å². The van der Waals surface area contributed by atoms with Crippen molar-refractivity contribution in [2.24, 2.45) is 5.73 Å². The fraction of sp³-hybridized carbons (Fsp3) is 0.143. The van der Waals surface area contributed by atoms with E-state index in [0.717, 1.165) is 4.68 Å². The van der Waals surface area contributed by atoms with Gasteiger partial charge in [-0.3, -0.25) is 9.59 Å². The van der Waals surface area contributed by atoms with E-state index in [9.17, 15) is 14.0 Å². The summed E-state index contributed by atoms with van der Waals surface area (Å²) in [6.07, 6.45) is 6.23. The molecule has 0 unspecified atom stereocenters. The minimum atomic E-state index is -1.03. The average Bonchev–Trinajstić information content (AvgIpc) is 2.99. The summed E-state index contributed by atoms with van der Waals surface area (Å²) in [5.74, 6) is 0.0451. The van der Waals surface area contributed by atoms with Crippen LogP contribution in [-0.4, -0.2) is 32.9 Å². The number of rotatable bonds is 5. The molecule has 0 bridgehead atoms. The highest BCUT2D eigenvalue weighted by Gasteiger charge is 2.20. The highest BCUT2D eigenvalue weighted by Crippen LogP contribution is 2.20. The van der Waals surface area contributed by atoms with Crippen LogP contribution in [-0.2, 0) is 4.79 Å². The van der Waals surface area contributed by atoms with Crippen molar-refractivity contribution in [1.29, 1.82) is 0 Å². The maximum atomic E-state index is 13.9. The van der Waals surface area contributed by atoms with Crippen molar-refractivity contribution < 1.29 is 14.0 Å². The monoisotopic (exact) mass is 335 g/mol. The molecule has 0 aliphatic heterocycles. The first kappa shape index (κ1) is 16.5. The Morgan fingerprint density at radius 2 is 2.26 bits per heavy atom. The molecule has 7 nitrogen and oxygen atoms in total. The highest BCUT2D eigenvalue weighted by atomic mass is 35.5. The number of nitrogens with one attached hydrogen (secondary N) is 1. The van der Waals surface area contributed by atoms with E-state index in [4.69, 9.17) is 23.8 Å². The molecule has 0 saturated heterocycles. The third-order valence-electron chi connectivity index (χ3n) is 2.87. The molecular weight excluding hydrogens is 325 g/mol. The van der Waals surface area contributed by atoms with Gasteiger partial charge < -0.3 is 11.1 Å². The topological polar surface area (TPSA) is 103 Å². The average molecular weight is 336 g/mol. The van der Waals surface area contributed by atoms with Crippen molar-refractivity contribution in [3.05, 3.63) is 40.9 Å². The lowest BCUT2D eigenvalue weighted by atomic mass is 10.2. The number of carbonyl (C=O) groups excluding carboxylic acids is 2. The number of carbonyl (C=O) groups is 2. The Balaban J connectivity index is 2.22. The minimum absolute atomic E-state index is 0.0270. The molecule has 2 rings (SSSR count). The van der Waals surface area contributed by atoms with Gasteiger partial charge in [0.2, 0.25) is 5.91 Å². The van der Waals surface area contributed by atoms with Gasteiger partial charge in [0.05, 0.1) is 11.2 Å². The van der Waals surface area contributed by atoms with Crippen LogP contribution < -0.4 is 11.1 Å². The summed E-state index contributed by atoms with van der Waals surface area (Å²) in [6, 6.07) is 3.29. The Kier molecular flexibility index (Phi) is 4.93. The Bertz CT molecular complexity index is 799. The molecule has 3 N–H and O–H groups in total. The number of aromatic nitrogens is 3. The van der Waals surface area contributed by atoms with Crippen molar-refractivity contribution >= 4 is 23.4 Å². The lowest BCUT2D eigenvalue weighted by molar-refractivity contribution is -0.119. The highest BCUT2D eigenvalue weighted by molar-refractivity contribution is 6.30. The molecule has 1 aromatic carbocycles. The van der Waals surface area contributed by atoms with Gasteiger partial charge in [-0.05, 0) is 12.1 Å². The van der Waals surface area contributed by atoms with E-state index in [-0.39, 0.29) is 22.8 Å². The van der Waals surface area contributed by atoms with Crippen LogP contribution >= 0.6 is 11.6 Å². The van der Waals surface area contributed by atoms with E-state index < -0.39 is 23.7 Å². The van der Waals surface area contributed by atoms with Crippen LogP contribution in [0.15, 0.2) is 24.4 Å². The van der Waals surface area contributed by atoms with Crippen LogP contribution in [0, 0.1) is 18.2 Å². The molecule has 23 heavy (non-hydrogen) atoms. The minimum Gasteiger partial charge on any atom is -0.368 e. The largest absolute Gasteiger partial charge is 0.368 e. The van der Waals surface area contributed by atoms with E-state index in [2.05, 4.69) is 21.5 Å². The van der Waals surface area contributed by atoms with Gasteiger partial charge in [0.1, 0.15) is 11.7 Å². The molecule has 1 heterocycles. The zero-order valence-electron chi connectivity index (χ0n) is 11.7. The third kappa shape index (κ3) is 3.64. The molecule has 118 valence electrons. The van der Waals surface area contributed by atoms with Crippen molar-refractivity contribution in [1.82, 2.24) is 20.3 Å². The molecular formula is C14H11ClFN5O2. The van der Waals surface area contributed by atoms with Gasteiger partial charge in [-0.2, -0.15) is 0 Å². The van der Waals surface area contributed by atoms with Gasteiger partial charge in [-0.15, -0.1) is 17.4 Å². The summed E-state index contributed by atoms with van der Waals surface area (Å²) >= 11 is 5.69. The molecule has 2 amide bonds. The number of halogens is 2. The molecule has 2 aromatic rings. The van der Waals surface area contributed by atoms with Gasteiger partial charge in [0.15, 0.2) is 11.5 Å². The van der Waals surface area contributed by atoms with Crippen molar-refractivity contribution in [3.63, 3.8) is 0 Å². The maximum absolute atomic E-state index is 13.9. The zero-order valence-corrected chi connectivity index (χ0v) is 12.4. The number of amides is 2. The second kappa shape index (κ2) is 6.89. The lowest BCUT2D eigenvalue weighted by Gasteiger charge is -2.10. The SMILES string of the molecule is C#CC[C@@H](NC(=O)c1cn(-c2cccc(Cl)c2F)nn1)C(N)=O. The van der Waals surface area contributed by atoms with Crippen LogP contribution in [0.4, 0.5) is 4.39 Å². The molecule has 9 heteroatoms. The van der Waals surface area contributed by atoms with Gasteiger partial charge in [-0.25, -0.2) is 9.07 Å². The van der Waals surface area contributed by atoms with Crippen LogP contribution in [0.5, 0.6) is 0 Å². The Hall–Kier alpha value is -2.92. The van der Waals surface area contributed by atoms with Crippen molar-refractivity contribution in [2.45, 2.75) is 12.5 Å². The number of hydrogen-bond donors (Lipinski definition) is 2. The zero-order chi connectivity index (χ0) is 17.0. The van der Waals surface area contributed by atoms with Gasteiger partial charge >= 0.3 is 0 Å². The van der Waals surface area contributed by atoms with Crippen LogP contribution in [0.3, 0.4) is 0 Å². The second-order valence-corrected chi connectivity index (χ2v) is 4.87. The fourth-order valence-corrected chi connectivity index (χ4v) is 1.90. The van der Waals surface area contributed by atoms with Gasteiger partial charge in [-0.1, -0.05) is 22.9 Å². The number of primary amides is 1. The first-order valence-electron chi connectivity index (χ1n) is 6.34.